The molecular formula is C19H29N3O2. The second-order valence-corrected chi connectivity index (χ2v) is 6.34. The lowest BCUT2D eigenvalue weighted by molar-refractivity contribution is 0.0880. The van der Waals surface area contributed by atoms with Crippen LogP contribution in [0, 0.1) is 11.3 Å². The van der Waals surface area contributed by atoms with Gasteiger partial charge in [0.1, 0.15) is 6.04 Å². The maximum atomic E-state index is 9.74. The first-order chi connectivity index (χ1) is 11.6. The molecule has 1 fully saturated rings. The SMILES string of the molecule is CCCOc1ccc(C(C#N)N2CCN(C)C(C)C2)cc1OCC. The van der Waals surface area contributed by atoms with Crippen LogP contribution in [0.15, 0.2) is 18.2 Å². The maximum absolute atomic E-state index is 9.74. The van der Waals surface area contributed by atoms with Gasteiger partial charge in [0.05, 0.1) is 19.3 Å². The van der Waals surface area contributed by atoms with Gasteiger partial charge in [-0.2, -0.15) is 5.26 Å². The molecule has 2 unspecified atom stereocenters. The van der Waals surface area contributed by atoms with Gasteiger partial charge in [-0.1, -0.05) is 13.0 Å². The van der Waals surface area contributed by atoms with Gasteiger partial charge >= 0.3 is 0 Å². The molecule has 0 spiro atoms. The molecule has 2 atom stereocenters. The van der Waals surface area contributed by atoms with Gasteiger partial charge in [-0.25, -0.2) is 0 Å². The van der Waals surface area contributed by atoms with Gasteiger partial charge in [-0.15, -0.1) is 0 Å². The van der Waals surface area contributed by atoms with Crippen molar-refractivity contribution in [2.75, 3.05) is 39.9 Å². The quantitative estimate of drug-likeness (QED) is 0.768. The number of hydrogen-bond donors (Lipinski definition) is 0. The van der Waals surface area contributed by atoms with Gasteiger partial charge < -0.3 is 14.4 Å². The summed E-state index contributed by atoms with van der Waals surface area (Å²) in [5.41, 5.74) is 0.974. The fourth-order valence-electron chi connectivity index (χ4n) is 2.97. The zero-order valence-electron chi connectivity index (χ0n) is 15.3. The van der Waals surface area contributed by atoms with Gasteiger partial charge in [-0.3, -0.25) is 4.90 Å². The molecule has 1 aromatic carbocycles. The van der Waals surface area contributed by atoms with E-state index in [2.05, 4.69) is 36.8 Å². The lowest BCUT2D eigenvalue weighted by Gasteiger charge is -2.39. The Kier molecular flexibility index (Phi) is 6.89. The van der Waals surface area contributed by atoms with Crippen LogP contribution in [0.4, 0.5) is 0 Å². The van der Waals surface area contributed by atoms with E-state index in [4.69, 9.17) is 9.47 Å². The second kappa shape index (κ2) is 8.91. The molecule has 1 saturated heterocycles. The van der Waals surface area contributed by atoms with E-state index in [0.29, 0.717) is 19.3 Å². The number of piperazine rings is 1. The number of benzene rings is 1. The molecule has 1 heterocycles. The summed E-state index contributed by atoms with van der Waals surface area (Å²) in [6.07, 6.45) is 0.952. The van der Waals surface area contributed by atoms with Gasteiger partial charge in [0.2, 0.25) is 0 Å². The zero-order chi connectivity index (χ0) is 17.5. The Morgan fingerprint density at radius 1 is 1.25 bits per heavy atom. The molecule has 132 valence electrons. The third-order valence-corrected chi connectivity index (χ3v) is 4.52. The van der Waals surface area contributed by atoms with Crippen LogP contribution in [0.1, 0.15) is 38.8 Å². The van der Waals surface area contributed by atoms with Crippen molar-refractivity contribution in [2.45, 2.75) is 39.3 Å². The van der Waals surface area contributed by atoms with Crippen molar-refractivity contribution in [2.24, 2.45) is 0 Å². The average molecular weight is 331 g/mol. The molecule has 0 aliphatic carbocycles. The van der Waals surface area contributed by atoms with Crippen LogP contribution in [0.2, 0.25) is 0 Å². The number of hydrogen-bond acceptors (Lipinski definition) is 5. The summed E-state index contributed by atoms with van der Waals surface area (Å²) in [7, 11) is 2.14. The van der Waals surface area contributed by atoms with Crippen molar-refractivity contribution in [3.63, 3.8) is 0 Å². The van der Waals surface area contributed by atoms with Gasteiger partial charge in [0.15, 0.2) is 11.5 Å². The van der Waals surface area contributed by atoms with Crippen LogP contribution in [0.25, 0.3) is 0 Å². The number of nitriles is 1. The first kappa shape index (κ1) is 18.6. The van der Waals surface area contributed by atoms with E-state index in [-0.39, 0.29) is 6.04 Å². The van der Waals surface area contributed by atoms with E-state index in [1.807, 2.05) is 25.1 Å². The third kappa shape index (κ3) is 4.40. The summed E-state index contributed by atoms with van der Waals surface area (Å²) >= 11 is 0. The van der Waals surface area contributed by atoms with Crippen LogP contribution >= 0.6 is 0 Å². The Hall–Kier alpha value is -1.77. The Labute approximate surface area is 145 Å². The molecule has 5 heteroatoms. The van der Waals surface area contributed by atoms with E-state index in [1.165, 1.54) is 0 Å². The van der Waals surface area contributed by atoms with Crippen LogP contribution in [0.5, 0.6) is 11.5 Å². The number of likely N-dealkylation sites (N-methyl/N-ethyl adjacent to an activating group) is 1. The minimum atomic E-state index is -0.249. The number of nitrogens with zero attached hydrogens (tertiary/aromatic N) is 3. The Morgan fingerprint density at radius 2 is 2.04 bits per heavy atom. The number of ether oxygens (including phenoxy) is 2. The molecule has 0 radical (unpaired) electrons. The minimum Gasteiger partial charge on any atom is -0.490 e. The van der Waals surface area contributed by atoms with Gasteiger partial charge in [0, 0.05) is 25.7 Å². The van der Waals surface area contributed by atoms with E-state index < -0.39 is 0 Å². The predicted molar refractivity (Wildman–Crippen MR) is 95.4 cm³/mol. The number of rotatable bonds is 7. The van der Waals surface area contributed by atoms with Gasteiger partial charge in [0.25, 0.3) is 0 Å². The van der Waals surface area contributed by atoms with Gasteiger partial charge in [-0.05, 0) is 45.0 Å². The molecule has 1 aromatic rings. The zero-order valence-corrected chi connectivity index (χ0v) is 15.3. The minimum absolute atomic E-state index is 0.249. The van der Waals surface area contributed by atoms with Crippen LogP contribution in [-0.2, 0) is 0 Å². The third-order valence-electron chi connectivity index (χ3n) is 4.52. The smallest absolute Gasteiger partial charge is 0.161 e. The predicted octanol–water partition coefficient (Wildman–Crippen LogP) is 3.07. The molecule has 0 saturated carbocycles. The summed E-state index contributed by atoms with van der Waals surface area (Å²) in [4.78, 5) is 4.58. The monoisotopic (exact) mass is 331 g/mol. The van der Waals surface area contributed by atoms with E-state index in [9.17, 15) is 5.26 Å². The Morgan fingerprint density at radius 3 is 2.67 bits per heavy atom. The summed E-state index contributed by atoms with van der Waals surface area (Å²) in [6, 6.07) is 8.55. The summed E-state index contributed by atoms with van der Waals surface area (Å²) in [5, 5.41) is 9.74. The molecule has 5 nitrogen and oxygen atoms in total. The molecule has 2 rings (SSSR count). The van der Waals surface area contributed by atoms with Crippen molar-refractivity contribution >= 4 is 0 Å². The molecule has 0 aromatic heterocycles. The fraction of sp³-hybridized carbons (Fsp3) is 0.632. The summed E-state index contributed by atoms with van der Waals surface area (Å²) in [6.45, 7) is 10.3. The van der Waals surface area contributed by atoms with Crippen LogP contribution in [0.3, 0.4) is 0 Å². The van der Waals surface area contributed by atoms with E-state index in [0.717, 1.165) is 43.1 Å². The molecular weight excluding hydrogens is 302 g/mol. The molecule has 24 heavy (non-hydrogen) atoms. The summed E-state index contributed by atoms with van der Waals surface area (Å²) in [5.74, 6) is 1.48. The maximum Gasteiger partial charge on any atom is 0.161 e. The highest BCUT2D eigenvalue weighted by molar-refractivity contribution is 5.45. The lowest BCUT2D eigenvalue weighted by atomic mass is 10.0. The standard InChI is InChI=1S/C19H29N3O2/c1-5-11-24-18-8-7-16(12-19(18)23-6-2)17(13-20)22-10-9-21(4)15(3)14-22/h7-8,12,15,17H,5-6,9-11,14H2,1-4H3. The Bertz CT molecular complexity index is 570. The normalized spacial score (nSPS) is 20.4. The lowest BCUT2D eigenvalue weighted by Crippen LogP contribution is -2.50. The van der Waals surface area contributed by atoms with E-state index >= 15 is 0 Å². The van der Waals surface area contributed by atoms with Crippen molar-refractivity contribution in [3.05, 3.63) is 23.8 Å². The first-order valence-corrected chi connectivity index (χ1v) is 8.84. The fourth-order valence-corrected chi connectivity index (χ4v) is 2.97. The van der Waals surface area contributed by atoms with Crippen molar-refractivity contribution < 1.29 is 9.47 Å². The molecule has 0 N–H and O–H groups in total. The average Bonchev–Trinajstić information content (AvgIpc) is 2.58. The molecule has 1 aliphatic heterocycles. The molecule has 0 amide bonds. The second-order valence-electron chi connectivity index (χ2n) is 6.34. The van der Waals surface area contributed by atoms with Crippen LogP contribution < -0.4 is 9.47 Å². The summed E-state index contributed by atoms with van der Waals surface area (Å²) < 4.78 is 11.5. The highest BCUT2D eigenvalue weighted by atomic mass is 16.5. The van der Waals surface area contributed by atoms with Crippen molar-refractivity contribution in [1.29, 1.82) is 5.26 Å². The van der Waals surface area contributed by atoms with Crippen molar-refractivity contribution in [1.82, 2.24) is 9.80 Å². The highest BCUT2D eigenvalue weighted by Gasteiger charge is 2.28. The topological polar surface area (TPSA) is 48.7 Å². The van der Waals surface area contributed by atoms with Crippen molar-refractivity contribution in [3.8, 4) is 17.6 Å². The molecule has 0 bridgehead atoms. The van der Waals surface area contributed by atoms with E-state index in [1.54, 1.807) is 0 Å². The largest absolute Gasteiger partial charge is 0.490 e. The molecule has 1 aliphatic rings. The first-order valence-electron chi connectivity index (χ1n) is 8.84. The Balaban J connectivity index is 2.22. The van der Waals surface area contributed by atoms with Crippen LogP contribution in [-0.4, -0.2) is 55.7 Å². The highest BCUT2D eigenvalue weighted by Crippen LogP contribution is 2.33.